The third-order valence-corrected chi connectivity index (χ3v) is 3.39. The van der Waals surface area contributed by atoms with Crippen LogP contribution in [0.25, 0.3) is 11.2 Å². The van der Waals surface area contributed by atoms with Crippen molar-refractivity contribution in [2.45, 2.75) is 46.2 Å². The second-order valence-electron chi connectivity index (χ2n) is 4.79. The van der Waals surface area contributed by atoms with E-state index in [-0.39, 0.29) is 11.3 Å². The summed E-state index contributed by atoms with van der Waals surface area (Å²) in [7, 11) is 0. The number of hydrogen-bond donors (Lipinski definition) is 1. The van der Waals surface area contributed by atoms with Gasteiger partial charge in [0.15, 0.2) is 5.65 Å². The van der Waals surface area contributed by atoms with Crippen molar-refractivity contribution in [3.63, 3.8) is 0 Å². The van der Waals surface area contributed by atoms with E-state index < -0.39 is 0 Å². The van der Waals surface area contributed by atoms with Crippen molar-refractivity contribution in [1.29, 1.82) is 0 Å². The topological polar surface area (TPSA) is 64.7 Å². The molecule has 110 valence electrons. The second kappa shape index (κ2) is 5.83. The van der Waals surface area contributed by atoms with E-state index in [4.69, 9.17) is 11.6 Å². The molecule has 1 atom stereocenters. The maximum Gasteiger partial charge on any atom is 0.216 e. The van der Waals surface area contributed by atoms with Gasteiger partial charge in [-0.25, -0.2) is 9.67 Å². The fourth-order valence-electron chi connectivity index (χ4n) is 2.33. The smallest absolute Gasteiger partial charge is 0.216 e. The molecular weight excluding hydrogens is 278 g/mol. The summed E-state index contributed by atoms with van der Waals surface area (Å²) in [6, 6.07) is 0. The average molecular weight is 298 g/mol. The van der Waals surface area contributed by atoms with E-state index in [0.717, 1.165) is 29.2 Å². The van der Waals surface area contributed by atoms with Crippen LogP contribution in [0.4, 0.5) is 0 Å². The highest BCUT2D eigenvalue weighted by Crippen LogP contribution is 2.26. The molecule has 2 aromatic heterocycles. The minimum Gasteiger partial charge on any atom is -0.355 e. The van der Waals surface area contributed by atoms with Gasteiger partial charge in [-0.3, -0.25) is 4.79 Å². The molecule has 1 amide bonds. The third-order valence-electron chi connectivity index (χ3n) is 3.19. The Hall–Kier alpha value is -1.56. The van der Waals surface area contributed by atoms with Crippen molar-refractivity contribution < 1.29 is 4.79 Å². The van der Waals surface area contributed by atoms with Gasteiger partial charge in [0.25, 0.3) is 0 Å². The first kappa shape index (κ1) is 14.8. The highest BCUT2D eigenvalue weighted by atomic mass is 35.5. The van der Waals surface area contributed by atoms with Gasteiger partial charge in [-0.05, 0) is 20.8 Å². The molecule has 2 rings (SSSR count). The summed E-state index contributed by atoms with van der Waals surface area (Å²) in [6.45, 7) is 9.35. The van der Waals surface area contributed by atoms with Crippen LogP contribution in [0, 0.1) is 6.92 Å². The lowest BCUT2D eigenvalue weighted by molar-refractivity contribution is -0.118. The normalized spacial score (nSPS) is 12.8. The van der Waals surface area contributed by atoms with Gasteiger partial charge in [-0.1, -0.05) is 0 Å². The molecule has 0 fully saturated rings. The fourth-order valence-corrected chi connectivity index (χ4v) is 2.50. The predicted octanol–water partition coefficient (Wildman–Crippen LogP) is 2.00. The van der Waals surface area contributed by atoms with Gasteiger partial charge in [0.2, 0.25) is 5.91 Å². The van der Waals surface area contributed by atoms with Crippen LogP contribution in [-0.2, 0) is 17.9 Å². The monoisotopic (exact) mass is 297 g/mol. The summed E-state index contributed by atoms with van der Waals surface area (Å²) in [6.07, 6.45) is 0. The van der Waals surface area contributed by atoms with Crippen molar-refractivity contribution in [2.75, 3.05) is 6.54 Å². The van der Waals surface area contributed by atoms with Gasteiger partial charge in [0.1, 0.15) is 11.3 Å². The van der Waals surface area contributed by atoms with E-state index in [1.807, 2.05) is 30.0 Å². The van der Waals surface area contributed by atoms with Crippen LogP contribution >= 0.6 is 11.6 Å². The number of halogens is 1. The largest absolute Gasteiger partial charge is 0.355 e. The molecule has 2 aromatic rings. The van der Waals surface area contributed by atoms with Gasteiger partial charge in [0.05, 0.1) is 11.1 Å². The zero-order valence-electron chi connectivity index (χ0n) is 12.3. The molecule has 0 radical (unpaired) electrons. The number of hydrogen-bond acceptors (Lipinski definition) is 3. The molecule has 7 heteroatoms. The molecule has 0 saturated carbocycles. The molecule has 1 unspecified atom stereocenters. The van der Waals surface area contributed by atoms with E-state index in [0.29, 0.717) is 13.1 Å². The Labute approximate surface area is 123 Å². The lowest BCUT2D eigenvalue weighted by atomic mass is 10.4. The maximum atomic E-state index is 11.0. The number of carbonyl (C=O) groups excluding carboxylic acids is 1. The molecule has 0 aliphatic rings. The van der Waals surface area contributed by atoms with E-state index in [9.17, 15) is 4.79 Å². The van der Waals surface area contributed by atoms with Crippen molar-refractivity contribution in [2.24, 2.45) is 0 Å². The van der Waals surface area contributed by atoms with Gasteiger partial charge < -0.3 is 9.88 Å². The number of fused-ring (bicyclic) bond motifs is 1. The molecule has 1 N–H and O–H groups in total. The molecule has 0 saturated heterocycles. The first-order chi connectivity index (χ1) is 9.45. The van der Waals surface area contributed by atoms with E-state index >= 15 is 0 Å². The molecule has 0 aromatic carbocycles. The molecule has 0 aliphatic carbocycles. The molecule has 2 heterocycles. The number of amides is 1. The minimum atomic E-state index is -0.190. The van der Waals surface area contributed by atoms with Crippen molar-refractivity contribution in [3.05, 3.63) is 11.5 Å². The highest BCUT2D eigenvalue weighted by Gasteiger charge is 2.20. The van der Waals surface area contributed by atoms with Gasteiger partial charge in [-0.15, -0.1) is 11.6 Å². The zero-order valence-corrected chi connectivity index (χ0v) is 13.0. The van der Waals surface area contributed by atoms with Crippen LogP contribution in [0.1, 0.15) is 37.7 Å². The number of alkyl halides is 1. The highest BCUT2D eigenvalue weighted by molar-refractivity contribution is 6.20. The Morgan fingerprint density at radius 1 is 1.50 bits per heavy atom. The minimum absolute atomic E-state index is 0.0398. The third kappa shape index (κ3) is 2.65. The van der Waals surface area contributed by atoms with Crippen molar-refractivity contribution in [1.82, 2.24) is 24.6 Å². The zero-order chi connectivity index (χ0) is 14.9. The Morgan fingerprint density at radius 3 is 2.75 bits per heavy atom. The summed E-state index contributed by atoms with van der Waals surface area (Å²) in [5.74, 6) is 0.775. The lowest BCUT2D eigenvalue weighted by Gasteiger charge is -2.11. The number of aryl methyl sites for hydroxylation is 2. The SMILES string of the molecule is CCn1nc(C)c2nc(C(C)Cl)n(CCNC(C)=O)c21. The van der Waals surface area contributed by atoms with Crippen molar-refractivity contribution >= 4 is 28.7 Å². The van der Waals surface area contributed by atoms with E-state index in [2.05, 4.69) is 15.4 Å². The number of aromatic nitrogens is 4. The summed E-state index contributed by atoms with van der Waals surface area (Å²) < 4.78 is 3.97. The van der Waals surface area contributed by atoms with Crippen molar-refractivity contribution in [3.8, 4) is 0 Å². The molecule has 0 spiro atoms. The predicted molar refractivity (Wildman–Crippen MR) is 78.9 cm³/mol. The summed E-state index contributed by atoms with van der Waals surface area (Å²) in [4.78, 5) is 15.6. The lowest BCUT2D eigenvalue weighted by Crippen LogP contribution is -2.25. The Kier molecular flexibility index (Phi) is 4.32. The van der Waals surface area contributed by atoms with Crippen LogP contribution in [0.3, 0.4) is 0 Å². The Morgan fingerprint density at radius 2 is 2.20 bits per heavy atom. The summed E-state index contributed by atoms with van der Waals surface area (Å²) >= 11 is 6.23. The summed E-state index contributed by atoms with van der Waals surface area (Å²) in [5, 5.41) is 7.08. The van der Waals surface area contributed by atoms with Crippen LogP contribution in [-0.4, -0.2) is 31.8 Å². The molecule has 0 aliphatic heterocycles. The standard InChI is InChI=1S/C13H20ClN5O/c1-5-19-13-11(9(3)17-19)16-12(8(2)14)18(13)7-6-15-10(4)20/h8H,5-7H2,1-4H3,(H,15,20). The number of imidazole rings is 1. The maximum absolute atomic E-state index is 11.0. The molecule has 6 nitrogen and oxygen atoms in total. The average Bonchev–Trinajstić information content (AvgIpc) is 2.88. The quantitative estimate of drug-likeness (QED) is 0.859. The number of rotatable bonds is 5. The molecule has 0 bridgehead atoms. The van der Waals surface area contributed by atoms with Crippen LogP contribution in [0.5, 0.6) is 0 Å². The van der Waals surface area contributed by atoms with Gasteiger partial charge in [-0.2, -0.15) is 5.10 Å². The second-order valence-corrected chi connectivity index (χ2v) is 5.45. The number of carbonyl (C=O) groups is 1. The number of nitrogens with one attached hydrogen (secondary N) is 1. The van der Waals surface area contributed by atoms with Crippen LogP contribution in [0.2, 0.25) is 0 Å². The first-order valence-electron chi connectivity index (χ1n) is 6.77. The Balaban J connectivity index is 2.46. The van der Waals surface area contributed by atoms with Crippen LogP contribution in [0.15, 0.2) is 0 Å². The van der Waals surface area contributed by atoms with E-state index in [1.165, 1.54) is 6.92 Å². The molecule has 20 heavy (non-hydrogen) atoms. The van der Waals surface area contributed by atoms with Gasteiger partial charge >= 0.3 is 0 Å². The number of nitrogens with zero attached hydrogens (tertiary/aromatic N) is 4. The van der Waals surface area contributed by atoms with Gasteiger partial charge in [0, 0.05) is 26.6 Å². The molecular formula is C13H20ClN5O. The van der Waals surface area contributed by atoms with Crippen LogP contribution < -0.4 is 5.32 Å². The Bertz CT molecular complexity index is 628. The van der Waals surface area contributed by atoms with E-state index in [1.54, 1.807) is 0 Å². The summed E-state index contributed by atoms with van der Waals surface area (Å²) in [5.41, 5.74) is 2.76. The fraction of sp³-hybridized carbons (Fsp3) is 0.615. The first-order valence-corrected chi connectivity index (χ1v) is 7.21.